The number of hydrogen-bond acceptors (Lipinski definition) is 4. The average Bonchev–Trinajstić information content (AvgIpc) is 2.60. The first-order valence-corrected chi connectivity index (χ1v) is 8.78. The van der Waals surface area contributed by atoms with Gasteiger partial charge in [0, 0.05) is 30.8 Å². The van der Waals surface area contributed by atoms with Gasteiger partial charge in [-0.25, -0.2) is 4.79 Å². The zero-order valence-electron chi connectivity index (χ0n) is 15.6. The van der Waals surface area contributed by atoms with Crippen LogP contribution in [0.4, 0.5) is 4.79 Å². The van der Waals surface area contributed by atoms with E-state index in [2.05, 4.69) is 5.32 Å². The van der Waals surface area contributed by atoms with Crippen molar-refractivity contribution in [2.45, 2.75) is 39.2 Å². The Hall–Kier alpha value is -2.63. The third-order valence-corrected chi connectivity index (χ3v) is 4.04. The van der Waals surface area contributed by atoms with Crippen molar-refractivity contribution in [1.29, 1.82) is 0 Å². The highest BCUT2D eigenvalue weighted by molar-refractivity contribution is 6.01. The van der Waals surface area contributed by atoms with Gasteiger partial charge < -0.3 is 15.0 Å². The van der Waals surface area contributed by atoms with Crippen molar-refractivity contribution in [3.63, 3.8) is 0 Å². The van der Waals surface area contributed by atoms with Crippen LogP contribution in [0.3, 0.4) is 0 Å². The quantitative estimate of drug-likeness (QED) is 0.662. The van der Waals surface area contributed by atoms with Crippen LogP contribution in [0.5, 0.6) is 0 Å². The summed E-state index contributed by atoms with van der Waals surface area (Å²) in [7, 11) is 0. The van der Waals surface area contributed by atoms with Crippen molar-refractivity contribution in [2.24, 2.45) is 0 Å². The third kappa shape index (κ3) is 5.72. The maximum absolute atomic E-state index is 12.2. The van der Waals surface area contributed by atoms with Crippen LogP contribution in [-0.4, -0.2) is 48.4 Å². The number of ether oxygens (including phenoxy) is 1. The van der Waals surface area contributed by atoms with Crippen molar-refractivity contribution >= 4 is 18.3 Å². The van der Waals surface area contributed by atoms with E-state index < -0.39 is 5.60 Å². The van der Waals surface area contributed by atoms with Crippen molar-refractivity contribution in [1.82, 2.24) is 10.2 Å². The predicted octanol–water partition coefficient (Wildman–Crippen LogP) is 3.19. The molecule has 1 fully saturated rings. The van der Waals surface area contributed by atoms with Crippen molar-refractivity contribution in [3.05, 3.63) is 47.0 Å². The van der Waals surface area contributed by atoms with E-state index in [1.54, 1.807) is 29.2 Å². The molecule has 2 amide bonds. The summed E-state index contributed by atoms with van der Waals surface area (Å²) in [5.41, 5.74) is 1.47. The van der Waals surface area contributed by atoms with Gasteiger partial charge in [0.2, 0.25) is 0 Å². The van der Waals surface area contributed by atoms with Gasteiger partial charge in [0.05, 0.1) is 0 Å². The lowest BCUT2D eigenvalue weighted by Gasteiger charge is -2.31. The summed E-state index contributed by atoms with van der Waals surface area (Å²) in [6.45, 7) is 7.18. The number of amides is 2. The fraction of sp³-hybridized carbons (Fsp3) is 0.450. The van der Waals surface area contributed by atoms with Crippen LogP contribution in [0.2, 0.25) is 0 Å². The number of rotatable bonds is 4. The standard InChI is InChI=1S/C20H26N2O4/c1-20(2,3)26-19(25)22-12-9-15(10-13-22)8-11-21-18(24)17-7-5-4-6-16(17)14-23/h4-8,14H,9-13H2,1-3H3,(H,21,24). The van der Waals surface area contributed by atoms with Crippen LogP contribution in [0.1, 0.15) is 54.3 Å². The van der Waals surface area contributed by atoms with Crippen LogP contribution in [0, 0.1) is 0 Å². The van der Waals surface area contributed by atoms with Crippen molar-refractivity contribution < 1.29 is 19.1 Å². The maximum Gasteiger partial charge on any atom is 0.410 e. The van der Waals surface area contributed by atoms with E-state index in [0.717, 1.165) is 12.8 Å². The first-order valence-electron chi connectivity index (χ1n) is 8.78. The number of hydrogen-bond donors (Lipinski definition) is 1. The minimum absolute atomic E-state index is 0.268. The summed E-state index contributed by atoms with van der Waals surface area (Å²) in [4.78, 5) is 36.9. The second-order valence-corrected chi connectivity index (χ2v) is 7.24. The van der Waals surface area contributed by atoms with Gasteiger partial charge in [0.1, 0.15) is 5.60 Å². The summed E-state index contributed by atoms with van der Waals surface area (Å²) in [6.07, 6.45) is 3.91. The number of likely N-dealkylation sites (tertiary alicyclic amines) is 1. The van der Waals surface area contributed by atoms with Crippen LogP contribution in [0.15, 0.2) is 35.9 Å². The number of nitrogens with zero attached hydrogens (tertiary/aromatic N) is 1. The van der Waals surface area contributed by atoms with Crippen molar-refractivity contribution in [2.75, 3.05) is 19.6 Å². The SMILES string of the molecule is CC(C)(C)OC(=O)N1CCC(=CCNC(=O)c2ccccc2C=O)CC1. The smallest absolute Gasteiger partial charge is 0.410 e. The Morgan fingerprint density at radius 2 is 1.85 bits per heavy atom. The molecule has 0 atom stereocenters. The molecule has 1 aromatic carbocycles. The van der Waals surface area contributed by atoms with Crippen LogP contribution in [-0.2, 0) is 4.74 Å². The molecule has 26 heavy (non-hydrogen) atoms. The summed E-state index contributed by atoms with van der Waals surface area (Å²) in [6, 6.07) is 6.70. The van der Waals surface area contributed by atoms with Gasteiger partial charge in [-0.1, -0.05) is 29.8 Å². The highest BCUT2D eigenvalue weighted by Crippen LogP contribution is 2.18. The van der Waals surface area contributed by atoms with E-state index in [0.29, 0.717) is 37.0 Å². The topological polar surface area (TPSA) is 75.7 Å². The van der Waals surface area contributed by atoms with Crippen molar-refractivity contribution in [3.8, 4) is 0 Å². The Balaban J connectivity index is 1.81. The molecule has 1 aliphatic heterocycles. The van der Waals surface area contributed by atoms with Gasteiger partial charge in [0.15, 0.2) is 6.29 Å². The molecular weight excluding hydrogens is 332 g/mol. The molecule has 1 heterocycles. The molecule has 6 heteroatoms. The van der Waals surface area contributed by atoms with E-state index in [4.69, 9.17) is 4.74 Å². The van der Waals surface area contributed by atoms with E-state index in [1.807, 2.05) is 26.8 Å². The zero-order chi connectivity index (χ0) is 19.2. The van der Waals surface area contributed by atoms with Crippen LogP contribution in [0.25, 0.3) is 0 Å². The molecule has 6 nitrogen and oxygen atoms in total. The Morgan fingerprint density at radius 3 is 2.46 bits per heavy atom. The first-order chi connectivity index (χ1) is 12.3. The minimum Gasteiger partial charge on any atom is -0.444 e. The summed E-state index contributed by atoms with van der Waals surface area (Å²) >= 11 is 0. The predicted molar refractivity (Wildman–Crippen MR) is 99.3 cm³/mol. The average molecular weight is 358 g/mol. The zero-order valence-corrected chi connectivity index (χ0v) is 15.6. The molecule has 0 aromatic heterocycles. The molecule has 1 N–H and O–H groups in total. The third-order valence-electron chi connectivity index (χ3n) is 4.04. The van der Waals surface area contributed by atoms with Gasteiger partial charge in [-0.2, -0.15) is 0 Å². The summed E-state index contributed by atoms with van der Waals surface area (Å²) in [5.74, 6) is -0.268. The minimum atomic E-state index is -0.491. The molecule has 2 rings (SSSR count). The molecule has 1 saturated heterocycles. The summed E-state index contributed by atoms with van der Waals surface area (Å²) in [5, 5.41) is 2.81. The molecule has 0 saturated carbocycles. The van der Waals surface area contributed by atoms with E-state index in [1.165, 1.54) is 5.57 Å². The molecule has 0 bridgehead atoms. The fourth-order valence-electron chi connectivity index (χ4n) is 2.70. The second-order valence-electron chi connectivity index (χ2n) is 7.24. The highest BCUT2D eigenvalue weighted by atomic mass is 16.6. The number of piperidine rings is 1. The normalized spacial score (nSPS) is 14.6. The molecule has 0 aliphatic carbocycles. The van der Waals surface area contributed by atoms with Crippen LogP contribution < -0.4 is 5.32 Å². The van der Waals surface area contributed by atoms with E-state index in [9.17, 15) is 14.4 Å². The molecule has 1 aliphatic rings. The maximum atomic E-state index is 12.2. The molecule has 0 spiro atoms. The fourth-order valence-corrected chi connectivity index (χ4v) is 2.70. The Kier molecular flexibility index (Phi) is 6.55. The Morgan fingerprint density at radius 1 is 1.19 bits per heavy atom. The van der Waals surface area contributed by atoms with E-state index >= 15 is 0 Å². The lowest BCUT2D eigenvalue weighted by molar-refractivity contribution is 0.0236. The van der Waals surface area contributed by atoms with Gasteiger partial charge >= 0.3 is 6.09 Å². The molecule has 0 radical (unpaired) electrons. The van der Waals surface area contributed by atoms with Gasteiger partial charge in [0.25, 0.3) is 5.91 Å². The summed E-state index contributed by atoms with van der Waals surface area (Å²) < 4.78 is 5.38. The largest absolute Gasteiger partial charge is 0.444 e. The highest BCUT2D eigenvalue weighted by Gasteiger charge is 2.24. The van der Waals surface area contributed by atoms with Gasteiger partial charge in [-0.05, 0) is 39.7 Å². The Bertz CT molecular complexity index is 694. The lowest BCUT2D eigenvalue weighted by atomic mass is 10.0. The van der Waals surface area contributed by atoms with Crippen LogP contribution >= 0.6 is 0 Å². The number of benzene rings is 1. The number of aldehydes is 1. The Labute approximate surface area is 154 Å². The van der Waals surface area contributed by atoms with Gasteiger partial charge in [-0.15, -0.1) is 0 Å². The van der Waals surface area contributed by atoms with Gasteiger partial charge in [-0.3, -0.25) is 9.59 Å². The molecule has 0 unspecified atom stereocenters. The molecule has 1 aromatic rings. The number of carbonyl (C=O) groups excluding carboxylic acids is 3. The second kappa shape index (κ2) is 8.65. The van der Waals surface area contributed by atoms with E-state index in [-0.39, 0.29) is 12.0 Å². The lowest BCUT2D eigenvalue weighted by Crippen LogP contribution is -2.40. The number of carbonyl (C=O) groups is 3. The molecular formula is C20H26N2O4. The number of nitrogens with one attached hydrogen (secondary N) is 1. The monoisotopic (exact) mass is 358 g/mol. The first kappa shape index (κ1) is 19.7. The molecule has 140 valence electrons.